The monoisotopic (exact) mass is 348 g/mol. The summed E-state index contributed by atoms with van der Waals surface area (Å²) in [6, 6.07) is 1.53. The zero-order valence-corrected chi connectivity index (χ0v) is 12.9. The number of halogens is 1. The number of nitrogens with one attached hydrogen (secondary N) is 1. The molecule has 1 aliphatic rings. The molecule has 2 rings (SSSR count). The highest BCUT2D eigenvalue weighted by Crippen LogP contribution is 2.28. The van der Waals surface area contributed by atoms with Crippen molar-refractivity contribution in [3.8, 4) is 0 Å². The molecule has 1 saturated carbocycles. The number of hydrogen-bond acceptors (Lipinski definition) is 4. The summed E-state index contributed by atoms with van der Waals surface area (Å²) in [7, 11) is -3.47. The van der Waals surface area contributed by atoms with E-state index < -0.39 is 10.0 Å². The molecule has 1 heterocycles. The Kier molecular flexibility index (Phi) is 5.32. The molecule has 0 atom stereocenters. The van der Waals surface area contributed by atoms with E-state index in [-0.39, 0.29) is 4.90 Å². The largest absolute Gasteiger partial charge is 0.381 e. The van der Waals surface area contributed by atoms with Gasteiger partial charge in [-0.3, -0.25) is 4.98 Å². The maximum absolute atomic E-state index is 11.9. The first-order valence-electron chi connectivity index (χ1n) is 6.26. The standard InChI is InChI=1S/C12H17BrN2O3S/c13-11-6-12(8-14-7-11)19(16,17)15-4-1-5-18-9-10-2-3-10/h6-8,10,15H,1-5,9H2. The fourth-order valence-corrected chi connectivity index (χ4v) is 3.12. The molecule has 1 fully saturated rings. The minimum Gasteiger partial charge on any atom is -0.381 e. The Morgan fingerprint density at radius 3 is 2.89 bits per heavy atom. The lowest BCUT2D eigenvalue weighted by molar-refractivity contribution is 0.123. The van der Waals surface area contributed by atoms with Gasteiger partial charge in [0.1, 0.15) is 4.90 Å². The van der Waals surface area contributed by atoms with Gasteiger partial charge in [0.2, 0.25) is 10.0 Å². The van der Waals surface area contributed by atoms with Crippen molar-refractivity contribution in [3.63, 3.8) is 0 Å². The molecule has 1 aromatic heterocycles. The Hall–Kier alpha value is -0.500. The SMILES string of the molecule is O=S(=O)(NCCCOCC1CC1)c1cncc(Br)c1. The summed E-state index contributed by atoms with van der Waals surface area (Å²) in [6.07, 6.45) is 6.08. The van der Waals surface area contributed by atoms with Gasteiger partial charge >= 0.3 is 0 Å². The summed E-state index contributed by atoms with van der Waals surface area (Å²) in [5.74, 6) is 0.740. The molecule has 0 radical (unpaired) electrons. The van der Waals surface area contributed by atoms with Crippen LogP contribution in [0.15, 0.2) is 27.8 Å². The summed E-state index contributed by atoms with van der Waals surface area (Å²) in [6.45, 7) is 1.78. The van der Waals surface area contributed by atoms with E-state index in [0.29, 0.717) is 24.0 Å². The van der Waals surface area contributed by atoms with E-state index in [2.05, 4.69) is 25.6 Å². The number of pyridine rings is 1. The highest BCUT2D eigenvalue weighted by Gasteiger charge is 2.21. The van der Waals surface area contributed by atoms with Gasteiger partial charge in [-0.25, -0.2) is 13.1 Å². The van der Waals surface area contributed by atoms with E-state index in [1.165, 1.54) is 25.1 Å². The van der Waals surface area contributed by atoms with Gasteiger partial charge in [-0.05, 0) is 47.2 Å². The molecule has 1 aliphatic carbocycles. The molecule has 0 amide bonds. The summed E-state index contributed by atoms with van der Waals surface area (Å²) in [5.41, 5.74) is 0. The maximum atomic E-state index is 11.9. The predicted molar refractivity (Wildman–Crippen MR) is 75.3 cm³/mol. The van der Waals surface area contributed by atoms with Crippen LogP contribution in [-0.4, -0.2) is 33.2 Å². The second-order valence-electron chi connectivity index (χ2n) is 4.61. The fourth-order valence-electron chi connectivity index (χ4n) is 1.54. The average Bonchev–Trinajstić information content (AvgIpc) is 3.17. The molecule has 1 aromatic rings. The van der Waals surface area contributed by atoms with Crippen molar-refractivity contribution in [1.29, 1.82) is 0 Å². The minimum absolute atomic E-state index is 0.167. The Morgan fingerprint density at radius 2 is 2.21 bits per heavy atom. The highest BCUT2D eigenvalue weighted by atomic mass is 79.9. The molecular formula is C12H17BrN2O3S. The van der Waals surface area contributed by atoms with E-state index in [1.807, 2.05) is 0 Å². The lowest BCUT2D eigenvalue weighted by Gasteiger charge is -2.07. The Balaban J connectivity index is 1.71. The first-order chi connectivity index (χ1) is 9.08. The first kappa shape index (κ1) is 14.9. The van der Waals surface area contributed by atoms with Gasteiger partial charge in [-0.15, -0.1) is 0 Å². The van der Waals surface area contributed by atoms with Crippen molar-refractivity contribution in [2.24, 2.45) is 5.92 Å². The number of rotatable bonds is 8. The van der Waals surface area contributed by atoms with Crippen LogP contribution >= 0.6 is 15.9 Å². The molecule has 7 heteroatoms. The molecule has 0 bridgehead atoms. The zero-order valence-electron chi connectivity index (χ0n) is 10.5. The highest BCUT2D eigenvalue weighted by molar-refractivity contribution is 9.10. The smallest absolute Gasteiger partial charge is 0.242 e. The van der Waals surface area contributed by atoms with Crippen LogP contribution in [0.3, 0.4) is 0 Å². The second kappa shape index (κ2) is 6.78. The summed E-state index contributed by atoms with van der Waals surface area (Å²) >= 11 is 3.20. The Bertz CT molecular complexity index is 517. The van der Waals surface area contributed by atoms with Gasteiger partial charge in [-0.1, -0.05) is 0 Å². The molecule has 106 valence electrons. The lowest BCUT2D eigenvalue weighted by atomic mass is 10.4. The van der Waals surface area contributed by atoms with Crippen molar-refractivity contribution >= 4 is 26.0 Å². The van der Waals surface area contributed by atoms with E-state index in [1.54, 1.807) is 6.20 Å². The average molecular weight is 349 g/mol. The molecule has 19 heavy (non-hydrogen) atoms. The van der Waals surface area contributed by atoms with Gasteiger partial charge in [0.15, 0.2) is 0 Å². The van der Waals surface area contributed by atoms with Crippen molar-refractivity contribution in [2.45, 2.75) is 24.2 Å². The van der Waals surface area contributed by atoms with E-state index in [4.69, 9.17) is 4.74 Å². The number of ether oxygens (including phenoxy) is 1. The van der Waals surface area contributed by atoms with Crippen LogP contribution in [0.2, 0.25) is 0 Å². The molecule has 1 N–H and O–H groups in total. The van der Waals surface area contributed by atoms with Crippen LogP contribution in [0.1, 0.15) is 19.3 Å². The van der Waals surface area contributed by atoms with Gasteiger partial charge in [0.25, 0.3) is 0 Å². The normalized spacial score (nSPS) is 15.6. The second-order valence-corrected chi connectivity index (χ2v) is 7.29. The number of sulfonamides is 1. The van der Waals surface area contributed by atoms with Crippen molar-refractivity contribution in [3.05, 3.63) is 22.9 Å². The maximum Gasteiger partial charge on any atom is 0.242 e. The predicted octanol–water partition coefficient (Wildman–Crippen LogP) is 1.94. The molecule has 0 spiro atoms. The molecule has 0 saturated heterocycles. The van der Waals surface area contributed by atoms with Crippen LogP contribution in [0.4, 0.5) is 0 Å². The Morgan fingerprint density at radius 1 is 1.42 bits per heavy atom. The van der Waals surface area contributed by atoms with Crippen molar-refractivity contribution in [2.75, 3.05) is 19.8 Å². The minimum atomic E-state index is -3.47. The van der Waals surface area contributed by atoms with Gasteiger partial charge in [-0.2, -0.15) is 0 Å². The van der Waals surface area contributed by atoms with E-state index >= 15 is 0 Å². The van der Waals surface area contributed by atoms with Crippen LogP contribution in [0, 0.1) is 5.92 Å². The van der Waals surface area contributed by atoms with Gasteiger partial charge in [0, 0.05) is 36.6 Å². The fraction of sp³-hybridized carbons (Fsp3) is 0.583. The lowest BCUT2D eigenvalue weighted by Crippen LogP contribution is -2.25. The number of aromatic nitrogens is 1. The van der Waals surface area contributed by atoms with Crippen LogP contribution in [-0.2, 0) is 14.8 Å². The molecule has 5 nitrogen and oxygen atoms in total. The third-order valence-corrected chi connectivity index (χ3v) is 4.66. The summed E-state index contributed by atoms with van der Waals surface area (Å²) in [5, 5.41) is 0. The summed E-state index contributed by atoms with van der Waals surface area (Å²) < 4.78 is 32.5. The number of hydrogen-bond donors (Lipinski definition) is 1. The third kappa shape index (κ3) is 5.18. The quantitative estimate of drug-likeness (QED) is 0.729. The van der Waals surface area contributed by atoms with Crippen LogP contribution in [0.25, 0.3) is 0 Å². The molecule has 0 aliphatic heterocycles. The summed E-state index contributed by atoms with van der Waals surface area (Å²) in [4.78, 5) is 4.01. The molecule has 0 unspecified atom stereocenters. The zero-order chi connectivity index (χ0) is 13.7. The van der Waals surface area contributed by atoms with E-state index in [9.17, 15) is 8.42 Å². The Labute approximate surface area is 121 Å². The van der Waals surface area contributed by atoms with Crippen molar-refractivity contribution in [1.82, 2.24) is 9.71 Å². The van der Waals surface area contributed by atoms with Crippen LogP contribution < -0.4 is 4.72 Å². The van der Waals surface area contributed by atoms with Crippen LogP contribution in [0.5, 0.6) is 0 Å². The molecular weight excluding hydrogens is 332 g/mol. The third-order valence-electron chi connectivity index (χ3n) is 2.80. The van der Waals surface area contributed by atoms with Gasteiger partial charge < -0.3 is 4.74 Å². The van der Waals surface area contributed by atoms with Gasteiger partial charge in [0.05, 0.1) is 0 Å². The molecule has 0 aromatic carbocycles. The topological polar surface area (TPSA) is 68.3 Å². The number of nitrogens with zero attached hydrogens (tertiary/aromatic N) is 1. The first-order valence-corrected chi connectivity index (χ1v) is 8.53. The van der Waals surface area contributed by atoms with E-state index in [0.717, 1.165) is 12.5 Å². The van der Waals surface area contributed by atoms with Crippen molar-refractivity contribution < 1.29 is 13.2 Å².